The third-order valence-electron chi connectivity index (χ3n) is 5.76. The molecule has 0 amide bonds. The molecule has 0 radical (unpaired) electrons. The molecule has 9 nitrogen and oxygen atoms in total. The van der Waals surface area contributed by atoms with Crippen LogP contribution in [0.5, 0.6) is 5.75 Å². The Morgan fingerprint density at radius 2 is 2.00 bits per heavy atom. The number of aliphatic hydroxyl groups excluding tert-OH is 1. The summed E-state index contributed by atoms with van der Waals surface area (Å²) in [5.74, 6) is 2.55. The van der Waals surface area contributed by atoms with Crippen LogP contribution in [0.1, 0.15) is 26.7 Å². The number of ether oxygens (including phenoxy) is 2. The molecule has 2 aromatic heterocycles. The largest absolute Gasteiger partial charge is 0.491 e. The van der Waals surface area contributed by atoms with Gasteiger partial charge in [-0.25, -0.2) is 9.97 Å². The average molecular weight is 481 g/mol. The van der Waals surface area contributed by atoms with E-state index in [1.807, 2.05) is 47.4 Å². The highest BCUT2D eigenvalue weighted by atomic mass is 16.5. The lowest BCUT2D eigenvalue weighted by Gasteiger charge is -2.24. The molecule has 1 aromatic carbocycles. The van der Waals surface area contributed by atoms with E-state index in [0.29, 0.717) is 30.1 Å². The van der Waals surface area contributed by atoms with Crippen molar-refractivity contribution in [1.29, 1.82) is 0 Å². The molecule has 1 aliphatic heterocycles. The van der Waals surface area contributed by atoms with Crippen molar-refractivity contribution in [2.24, 2.45) is 5.92 Å². The topological polar surface area (TPSA) is 106 Å². The molecular formula is C26H36N6O3. The van der Waals surface area contributed by atoms with Crippen LogP contribution in [-0.4, -0.2) is 70.4 Å². The third kappa shape index (κ3) is 7.24. The highest BCUT2D eigenvalue weighted by molar-refractivity contribution is 5.67. The Kier molecular flexibility index (Phi) is 8.68. The van der Waals surface area contributed by atoms with Crippen molar-refractivity contribution in [2.75, 3.05) is 38.7 Å². The fourth-order valence-corrected chi connectivity index (χ4v) is 4.03. The Labute approximate surface area is 206 Å². The second kappa shape index (κ2) is 12.1. The van der Waals surface area contributed by atoms with Crippen LogP contribution >= 0.6 is 0 Å². The van der Waals surface area contributed by atoms with Crippen molar-refractivity contribution >= 4 is 5.82 Å². The molecule has 1 saturated heterocycles. The van der Waals surface area contributed by atoms with E-state index in [1.165, 1.54) is 0 Å². The van der Waals surface area contributed by atoms with E-state index in [-0.39, 0.29) is 6.61 Å². The maximum atomic E-state index is 9.97. The van der Waals surface area contributed by atoms with E-state index in [1.54, 1.807) is 7.05 Å². The molecular weight excluding hydrogens is 444 g/mol. The van der Waals surface area contributed by atoms with E-state index < -0.39 is 6.10 Å². The summed E-state index contributed by atoms with van der Waals surface area (Å²) in [5.41, 5.74) is 2.61. The number of aromatic nitrogens is 4. The van der Waals surface area contributed by atoms with E-state index in [2.05, 4.69) is 29.6 Å². The van der Waals surface area contributed by atoms with Crippen LogP contribution in [0.2, 0.25) is 0 Å². The second-order valence-electron chi connectivity index (χ2n) is 9.39. The molecule has 4 rings (SSSR count). The normalized spacial score (nSPS) is 15.3. The number of benzene rings is 1. The zero-order chi connectivity index (χ0) is 24.6. The Morgan fingerprint density at radius 3 is 2.77 bits per heavy atom. The van der Waals surface area contributed by atoms with Crippen molar-refractivity contribution in [2.45, 2.75) is 45.4 Å². The highest BCUT2D eigenvalue weighted by Gasteiger charge is 2.17. The Bertz CT molecular complexity index is 1080. The van der Waals surface area contributed by atoms with Crippen molar-refractivity contribution < 1.29 is 14.6 Å². The van der Waals surface area contributed by atoms with Crippen LogP contribution in [0, 0.1) is 5.92 Å². The molecule has 1 aliphatic rings. The summed E-state index contributed by atoms with van der Waals surface area (Å²) in [7, 11) is 1.80. The Morgan fingerprint density at radius 1 is 1.17 bits per heavy atom. The minimum absolute atomic E-state index is 0.205. The third-order valence-corrected chi connectivity index (χ3v) is 5.76. The lowest BCUT2D eigenvalue weighted by Crippen LogP contribution is -2.29. The highest BCUT2D eigenvalue weighted by Crippen LogP contribution is 2.27. The van der Waals surface area contributed by atoms with Gasteiger partial charge in [0.15, 0.2) is 5.82 Å². The van der Waals surface area contributed by atoms with Gasteiger partial charge in [-0.2, -0.15) is 5.10 Å². The van der Waals surface area contributed by atoms with Crippen molar-refractivity contribution in [3.63, 3.8) is 0 Å². The molecule has 188 valence electrons. The molecule has 3 N–H and O–H groups in total. The van der Waals surface area contributed by atoms with E-state index in [4.69, 9.17) is 19.4 Å². The van der Waals surface area contributed by atoms with Gasteiger partial charge in [-0.1, -0.05) is 26.0 Å². The fourth-order valence-electron chi connectivity index (χ4n) is 4.03. The molecule has 3 heterocycles. The first kappa shape index (κ1) is 25.1. The van der Waals surface area contributed by atoms with Gasteiger partial charge in [0.05, 0.1) is 11.9 Å². The molecule has 9 heteroatoms. The summed E-state index contributed by atoms with van der Waals surface area (Å²) < 4.78 is 13.3. The number of hydrogen-bond donors (Lipinski definition) is 3. The average Bonchev–Trinajstić information content (AvgIpc) is 3.31. The molecule has 0 bridgehead atoms. The van der Waals surface area contributed by atoms with Gasteiger partial charge in [0.25, 0.3) is 0 Å². The van der Waals surface area contributed by atoms with Crippen LogP contribution < -0.4 is 15.4 Å². The number of aliphatic hydroxyl groups is 1. The minimum Gasteiger partial charge on any atom is -0.491 e. The molecule has 1 unspecified atom stereocenters. The number of rotatable bonds is 11. The van der Waals surface area contributed by atoms with Crippen LogP contribution in [-0.2, 0) is 11.3 Å². The van der Waals surface area contributed by atoms with Gasteiger partial charge in [-0.15, -0.1) is 0 Å². The zero-order valence-corrected chi connectivity index (χ0v) is 20.8. The fraction of sp³-hybridized carbons (Fsp3) is 0.500. The van der Waals surface area contributed by atoms with Crippen molar-refractivity contribution in [3.8, 4) is 28.4 Å². The molecule has 3 aromatic rings. The molecule has 1 fully saturated rings. The predicted octanol–water partition coefficient (Wildman–Crippen LogP) is 3.21. The summed E-state index contributed by atoms with van der Waals surface area (Å²) in [6, 6.07) is 9.96. The van der Waals surface area contributed by atoms with Crippen molar-refractivity contribution in [1.82, 2.24) is 25.1 Å². The number of hydrogen-bond acceptors (Lipinski definition) is 8. The number of nitrogens with zero attached hydrogens (tertiary/aromatic N) is 4. The first-order chi connectivity index (χ1) is 17.0. The van der Waals surface area contributed by atoms with Gasteiger partial charge in [-0.3, -0.25) is 4.68 Å². The Hall–Kier alpha value is -3.01. The lowest BCUT2D eigenvalue weighted by atomic mass is 10.1. The molecule has 0 spiro atoms. The van der Waals surface area contributed by atoms with Gasteiger partial charge in [-0.05, 0) is 37.9 Å². The number of anilines is 1. The van der Waals surface area contributed by atoms with Crippen molar-refractivity contribution in [3.05, 3.63) is 42.7 Å². The van der Waals surface area contributed by atoms with Gasteiger partial charge < -0.3 is 25.2 Å². The number of nitrogens with one attached hydrogen (secondary N) is 2. The minimum atomic E-state index is -0.583. The van der Waals surface area contributed by atoms with Gasteiger partial charge >= 0.3 is 0 Å². The van der Waals surface area contributed by atoms with Crippen LogP contribution in [0.4, 0.5) is 5.82 Å². The second-order valence-corrected chi connectivity index (χ2v) is 9.39. The summed E-state index contributed by atoms with van der Waals surface area (Å²) in [6.07, 6.45) is 5.20. The first-order valence-corrected chi connectivity index (χ1v) is 12.3. The summed E-state index contributed by atoms with van der Waals surface area (Å²) in [6.45, 7) is 7.38. The van der Waals surface area contributed by atoms with E-state index in [0.717, 1.165) is 55.2 Å². The standard InChI is InChI=1S/C26H36N6O3/c1-18(2)15-32-16-20(13-28-32)24-12-25(29-21-7-9-34-10-8-21)31-26(30-24)19-5-4-6-23(11-19)35-17-22(33)14-27-3/h4-6,11-13,16,18,21-22,27,33H,7-10,14-15,17H2,1-3H3,(H,29,30,31). The first-order valence-electron chi connectivity index (χ1n) is 12.3. The summed E-state index contributed by atoms with van der Waals surface area (Å²) >= 11 is 0. The predicted molar refractivity (Wildman–Crippen MR) is 136 cm³/mol. The summed E-state index contributed by atoms with van der Waals surface area (Å²) in [4.78, 5) is 9.72. The lowest BCUT2D eigenvalue weighted by molar-refractivity contribution is 0.0904. The van der Waals surface area contributed by atoms with Crippen LogP contribution in [0.3, 0.4) is 0 Å². The van der Waals surface area contributed by atoms with Gasteiger partial charge in [0.2, 0.25) is 0 Å². The Balaban J connectivity index is 1.62. The quantitative estimate of drug-likeness (QED) is 0.384. The van der Waals surface area contributed by atoms with Crippen LogP contribution in [0.15, 0.2) is 42.7 Å². The zero-order valence-electron chi connectivity index (χ0n) is 20.8. The number of likely N-dealkylation sites (N-methyl/N-ethyl adjacent to an activating group) is 1. The smallest absolute Gasteiger partial charge is 0.162 e. The molecule has 35 heavy (non-hydrogen) atoms. The molecule has 0 saturated carbocycles. The summed E-state index contributed by atoms with van der Waals surface area (Å²) in [5, 5.41) is 21.0. The molecule has 0 aliphatic carbocycles. The molecule has 1 atom stereocenters. The van der Waals surface area contributed by atoms with E-state index in [9.17, 15) is 5.11 Å². The van der Waals surface area contributed by atoms with Gasteiger partial charge in [0.1, 0.15) is 24.3 Å². The maximum absolute atomic E-state index is 9.97. The van der Waals surface area contributed by atoms with Crippen LogP contribution in [0.25, 0.3) is 22.6 Å². The maximum Gasteiger partial charge on any atom is 0.162 e. The SMILES string of the molecule is CNCC(O)COc1cccc(-c2nc(NC3CCOCC3)cc(-c3cnn(CC(C)C)c3)n2)c1. The van der Waals surface area contributed by atoms with E-state index >= 15 is 0 Å². The monoisotopic (exact) mass is 480 g/mol. The van der Waals surface area contributed by atoms with Gasteiger partial charge in [0, 0.05) is 55.7 Å².